The first-order valence-corrected chi connectivity index (χ1v) is 11.1. The molecule has 2 aliphatic rings. The maximum absolute atomic E-state index is 12.7. The van der Waals surface area contributed by atoms with E-state index in [-0.39, 0.29) is 29.4 Å². The van der Waals surface area contributed by atoms with Gasteiger partial charge in [-0.25, -0.2) is 8.42 Å². The summed E-state index contributed by atoms with van der Waals surface area (Å²) in [7, 11) is -3.75. The van der Waals surface area contributed by atoms with Crippen molar-refractivity contribution in [3.05, 3.63) is 28.3 Å². The Balaban J connectivity index is 1.65. The molecule has 1 heterocycles. The molecule has 0 aromatic heterocycles. The normalized spacial score (nSPS) is 19.3. The second-order valence-electron chi connectivity index (χ2n) is 7.42. The molecule has 10 heteroatoms. The molecular weight excluding hydrogens is 386 g/mol. The molecule has 0 unspecified atom stereocenters. The smallest absolute Gasteiger partial charge is 0.293 e. The summed E-state index contributed by atoms with van der Waals surface area (Å²) in [6, 6.07) is 3.84. The van der Waals surface area contributed by atoms with Crippen LogP contribution in [0.2, 0.25) is 0 Å². The van der Waals surface area contributed by atoms with Crippen LogP contribution in [0.25, 0.3) is 0 Å². The number of nitro groups is 1. The number of hydrogen-bond donors (Lipinski definition) is 2. The largest absolute Gasteiger partial charge is 0.389 e. The molecule has 0 bridgehead atoms. The second-order valence-corrected chi connectivity index (χ2v) is 9.35. The van der Waals surface area contributed by atoms with E-state index in [4.69, 9.17) is 4.74 Å². The van der Waals surface area contributed by atoms with Crippen LogP contribution in [0.5, 0.6) is 0 Å². The van der Waals surface area contributed by atoms with Crippen molar-refractivity contribution in [1.82, 2.24) is 4.31 Å². The van der Waals surface area contributed by atoms with E-state index in [0.29, 0.717) is 25.6 Å². The third-order valence-electron chi connectivity index (χ3n) is 5.01. The Morgan fingerprint density at radius 2 is 2.00 bits per heavy atom. The molecule has 1 aliphatic heterocycles. The van der Waals surface area contributed by atoms with Crippen LogP contribution in [-0.4, -0.2) is 61.7 Å². The lowest BCUT2D eigenvalue weighted by atomic mass is 10.2. The molecule has 156 valence electrons. The number of rotatable bonds is 10. The Hall–Kier alpha value is -1.75. The van der Waals surface area contributed by atoms with Gasteiger partial charge in [-0.05, 0) is 43.7 Å². The number of aliphatic hydroxyl groups excluding tert-OH is 1. The zero-order chi connectivity index (χ0) is 20.1. The van der Waals surface area contributed by atoms with Crippen LogP contribution in [0.1, 0.15) is 32.1 Å². The molecule has 1 saturated carbocycles. The molecule has 1 aromatic carbocycles. The molecule has 28 heavy (non-hydrogen) atoms. The number of aliphatic hydroxyl groups is 1. The van der Waals surface area contributed by atoms with Crippen LogP contribution >= 0.6 is 0 Å². The fourth-order valence-electron chi connectivity index (χ4n) is 3.17. The lowest BCUT2D eigenvalue weighted by molar-refractivity contribution is -0.384. The Kier molecular flexibility index (Phi) is 6.86. The monoisotopic (exact) mass is 413 g/mol. The van der Waals surface area contributed by atoms with Gasteiger partial charge in [0.05, 0.1) is 22.5 Å². The molecule has 2 fully saturated rings. The van der Waals surface area contributed by atoms with E-state index in [2.05, 4.69) is 5.32 Å². The van der Waals surface area contributed by atoms with Crippen LogP contribution in [0.4, 0.5) is 11.4 Å². The van der Waals surface area contributed by atoms with E-state index in [1.54, 1.807) is 0 Å². The van der Waals surface area contributed by atoms with Crippen molar-refractivity contribution in [2.45, 2.75) is 43.1 Å². The molecule has 3 rings (SSSR count). The van der Waals surface area contributed by atoms with Gasteiger partial charge < -0.3 is 15.2 Å². The van der Waals surface area contributed by atoms with Crippen molar-refractivity contribution in [2.75, 3.05) is 38.2 Å². The van der Waals surface area contributed by atoms with Gasteiger partial charge in [-0.15, -0.1) is 0 Å². The summed E-state index contributed by atoms with van der Waals surface area (Å²) in [4.78, 5) is 10.7. The van der Waals surface area contributed by atoms with Crippen LogP contribution in [-0.2, 0) is 14.8 Å². The van der Waals surface area contributed by atoms with Crippen LogP contribution in [0, 0.1) is 16.0 Å². The molecule has 9 nitrogen and oxygen atoms in total. The predicted molar refractivity (Wildman–Crippen MR) is 104 cm³/mol. The number of nitrogens with zero attached hydrogens (tertiary/aromatic N) is 2. The molecule has 2 N–H and O–H groups in total. The Labute approximate surface area is 164 Å². The van der Waals surface area contributed by atoms with Gasteiger partial charge in [-0.2, -0.15) is 4.31 Å². The maximum atomic E-state index is 12.7. The van der Waals surface area contributed by atoms with Crippen molar-refractivity contribution < 1.29 is 23.2 Å². The summed E-state index contributed by atoms with van der Waals surface area (Å²) >= 11 is 0. The molecule has 0 amide bonds. The highest BCUT2D eigenvalue weighted by Crippen LogP contribution is 2.30. The number of nitrogens with one attached hydrogen (secondary N) is 1. The molecule has 1 atom stereocenters. The number of nitro benzene ring substituents is 1. The van der Waals surface area contributed by atoms with Gasteiger partial charge in [-0.1, -0.05) is 6.42 Å². The highest BCUT2D eigenvalue weighted by atomic mass is 32.2. The number of sulfonamides is 1. The number of anilines is 1. The van der Waals surface area contributed by atoms with E-state index < -0.39 is 21.1 Å². The second kappa shape index (κ2) is 9.17. The first-order chi connectivity index (χ1) is 13.4. The Morgan fingerprint density at radius 3 is 2.64 bits per heavy atom. The third-order valence-corrected chi connectivity index (χ3v) is 6.90. The van der Waals surface area contributed by atoms with E-state index in [1.165, 1.54) is 16.4 Å². The summed E-state index contributed by atoms with van der Waals surface area (Å²) in [6.45, 7) is 1.72. The highest BCUT2D eigenvalue weighted by molar-refractivity contribution is 7.89. The SMILES string of the molecule is O=[N+]([O-])c1cc(S(=O)(=O)N2CCCCC2)ccc1NC[C@@H](O)COCC1CC1. The average Bonchev–Trinajstić information content (AvgIpc) is 3.51. The summed E-state index contributed by atoms with van der Waals surface area (Å²) in [5.41, 5.74) is -0.159. The lowest BCUT2D eigenvalue weighted by Gasteiger charge is -2.25. The van der Waals surface area contributed by atoms with Gasteiger partial charge in [0.25, 0.3) is 5.69 Å². The molecule has 1 aromatic rings. The van der Waals surface area contributed by atoms with Gasteiger partial charge >= 0.3 is 0 Å². The fourth-order valence-corrected chi connectivity index (χ4v) is 4.71. The van der Waals surface area contributed by atoms with Gasteiger partial charge in [0, 0.05) is 32.3 Å². The van der Waals surface area contributed by atoms with Crippen molar-refractivity contribution in [2.24, 2.45) is 5.92 Å². The first kappa shape index (κ1) is 21.0. The number of benzene rings is 1. The topological polar surface area (TPSA) is 122 Å². The zero-order valence-electron chi connectivity index (χ0n) is 15.7. The maximum Gasteiger partial charge on any atom is 0.293 e. The molecule has 0 spiro atoms. The number of ether oxygens (including phenoxy) is 1. The molecule has 1 saturated heterocycles. The summed E-state index contributed by atoms with van der Waals surface area (Å²) in [5.74, 6) is 0.593. The van der Waals surface area contributed by atoms with E-state index in [0.717, 1.165) is 38.2 Å². The average molecular weight is 413 g/mol. The van der Waals surface area contributed by atoms with Crippen molar-refractivity contribution in [1.29, 1.82) is 0 Å². The van der Waals surface area contributed by atoms with E-state index >= 15 is 0 Å². The zero-order valence-corrected chi connectivity index (χ0v) is 16.6. The van der Waals surface area contributed by atoms with Gasteiger partial charge in [0.2, 0.25) is 10.0 Å². The number of hydrogen-bond acceptors (Lipinski definition) is 7. The van der Waals surface area contributed by atoms with Gasteiger partial charge in [-0.3, -0.25) is 10.1 Å². The summed E-state index contributed by atoms with van der Waals surface area (Å²) < 4.78 is 32.3. The van der Waals surface area contributed by atoms with E-state index in [1.807, 2.05) is 0 Å². The lowest BCUT2D eigenvalue weighted by Crippen LogP contribution is -2.35. The highest BCUT2D eigenvalue weighted by Gasteiger charge is 2.28. The van der Waals surface area contributed by atoms with Crippen molar-refractivity contribution in [3.8, 4) is 0 Å². The van der Waals surface area contributed by atoms with Gasteiger partial charge in [0.1, 0.15) is 5.69 Å². The molecule has 1 aliphatic carbocycles. The van der Waals surface area contributed by atoms with E-state index in [9.17, 15) is 23.6 Å². The van der Waals surface area contributed by atoms with Crippen LogP contribution in [0.15, 0.2) is 23.1 Å². The van der Waals surface area contributed by atoms with Gasteiger partial charge in [0.15, 0.2) is 0 Å². The quantitative estimate of drug-likeness (QED) is 0.444. The van der Waals surface area contributed by atoms with Crippen LogP contribution in [0.3, 0.4) is 0 Å². The summed E-state index contributed by atoms with van der Waals surface area (Å²) in [5, 5.41) is 24.2. The van der Waals surface area contributed by atoms with Crippen molar-refractivity contribution >= 4 is 21.4 Å². The molecule has 0 radical (unpaired) electrons. The Bertz CT molecular complexity index is 791. The minimum atomic E-state index is -3.75. The standard InChI is InChI=1S/C18H27N3O6S/c22-15(13-27-12-14-4-5-14)11-19-17-7-6-16(10-18(17)21(23)24)28(25,26)20-8-2-1-3-9-20/h6-7,10,14-15,19,22H,1-5,8-9,11-13H2/t15-/m1/s1. The fraction of sp³-hybridized carbons (Fsp3) is 0.667. The predicted octanol–water partition coefficient (Wildman–Crippen LogP) is 1.97. The minimum Gasteiger partial charge on any atom is -0.389 e. The molecular formula is C18H27N3O6S. The first-order valence-electron chi connectivity index (χ1n) is 9.66. The minimum absolute atomic E-state index is 0.0731. The number of piperidine rings is 1. The third kappa shape index (κ3) is 5.40. The van der Waals surface area contributed by atoms with Crippen LogP contribution < -0.4 is 5.32 Å². The van der Waals surface area contributed by atoms with Crippen molar-refractivity contribution in [3.63, 3.8) is 0 Å². The Morgan fingerprint density at radius 1 is 1.29 bits per heavy atom. The summed E-state index contributed by atoms with van der Waals surface area (Å²) in [6.07, 6.45) is 4.08.